The van der Waals surface area contributed by atoms with Gasteiger partial charge < -0.3 is 25.2 Å². The van der Waals surface area contributed by atoms with Gasteiger partial charge in [-0.2, -0.15) is 0 Å². The van der Waals surface area contributed by atoms with Crippen LogP contribution in [0.4, 0.5) is 0 Å². The number of aliphatic hydroxyl groups is 2. The number of hydrogen-bond acceptors (Lipinski definition) is 5. The van der Waals surface area contributed by atoms with Crippen molar-refractivity contribution < 1.29 is 34.8 Å². The highest BCUT2D eigenvalue weighted by Crippen LogP contribution is 2.23. The summed E-state index contributed by atoms with van der Waals surface area (Å²) in [4.78, 5) is 21.2. The van der Waals surface area contributed by atoms with Gasteiger partial charge in [-0.3, -0.25) is 0 Å². The smallest absolute Gasteiger partial charge is 0.370 e. The summed E-state index contributed by atoms with van der Waals surface area (Å²) < 4.78 is 4.80. The fourth-order valence-electron chi connectivity index (χ4n) is 1.43. The monoisotopic (exact) mass is 244 g/mol. The number of aliphatic hydroxyl groups excluding tert-OH is 2. The summed E-state index contributed by atoms with van der Waals surface area (Å²) in [6.07, 6.45) is -2.90. The molecule has 4 N–H and O–H groups in total. The molecule has 3 atom stereocenters. The molecule has 0 aromatic rings. The standard InChI is InChI=1S/C10H12O7/c1-4(9(13)14)17-8-2-5(10(15)16)6(11)3-7(8)12/h2,6-8,11-12H,1,3H2,(H,13,14)(H,15,16)/t6-,7+,8+/m0/s1. The summed E-state index contributed by atoms with van der Waals surface area (Å²) in [6.45, 7) is 3.10. The van der Waals surface area contributed by atoms with E-state index in [9.17, 15) is 19.8 Å². The van der Waals surface area contributed by atoms with E-state index < -0.39 is 36.0 Å². The third-order valence-electron chi connectivity index (χ3n) is 2.31. The van der Waals surface area contributed by atoms with Crippen molar-refractivity contribution in [2.45, 2.75) is 24.7 Å². The zero-order valence-electron chi connectivity index (χ0n) is 8.74. The Labute approximate surface area is 96.3 Å². The molecule has 17 heavy (non-hydrogen) atoms. The largest absolute Gasteiger partial charge is 0.478 e. The number of aliphatic carboxylic acids is 2. The molecule has 0 bridgehead atoms. The Morgan fingerprint density at radius 2 is 1.94 bits per heavy atom. The molecule has 0 unspecified atom stereocenters. The first-order chi connectivity index (χ1) is 7.82. The maximum absolute atomic E-state index is 10.7. The minimum Gasteiger partial charge on any atom is -0.478 e. The fraction of sp³-hybridized carbons (Fsp3) is 0.400. The lowest BCUT2D eigenvalue weighted by atomic mass is 9.92. The molecule has 0 fully saturated rings. The molecule has 0 radical (unpaired) electrons. The van der Waals surface area contributed by atoms with Crippen LogP contribution in [0.15, 0.2) is 24.0 Å². The highest BCUT2D eigenvalue weighted by molar-refractivity contribution is 5.88. The molecule has 0 saturated carbocycles. The minimum absolute atomic E-state index is 0.240. The maximum atomic E-state index is 10.7. The van der Waals surface area contributed by atoms with E-state index in [4.69, 9.17) is 14.9 Å². The molecule has 1 aliphatic rings. The van der Waals surface area contributed by atoms with Crippen molar-refractivity contribution >= 4 is 11.9 Å². The van der Waals surface area contributed by atoms with Crippen LogP contribution in [0, 0.1) is 0 Å². The Hall–Kier alpha value is -1.86. The number of hydrogen-bond donors (Lipinski definition) is 4. The Morgan fingerprint density at radius 3 is 2.41 bits per heavy atom. The van der Waals surface area contributed by atoms with Crippen LogP contribution in [-0.4, -0.2) is 50.7 Å². The van der Waals surface area contributed by atoms with Crippen LogP contribution in [-0.2, 0) is 14.3 Å². The second kappa shape index (κ2) is 4.98. The molecule has 0 aliphatic heterocycles. The van der Waals surface area contributed by atoms with Gasteiger partial charge in [0.05, 0.1) is 17.8 Å². The third-order valence-corrected chi connectivity index (χ3v) is 2.31. The second-order valence-corrected chi connectivity index (χ2v) is 3.56. The van der Waals surface area contributed by atoms with Gasteiger partial charge in [0, 0.05) is 6.42 Å². The predicted octanol–water partition coefficient (Wildman–Crippen LogP) is -0.894. The van der Waals surface area contributed by atoms with Crippen molar-refractivity contribution in [3.8, 4) is 0 Å². The summed E-state index contributed by atoms with van der Waals surface area (Å²) >= 11 is 0. The first kappa shape index (κ1) is 13.2. The molecule has 0 heterocycles. The van der Waals surface area contributed by atoms with Crippen LogP contribution in [0.2, 0.25) is 0 Å². The van der Waals surface area contributed by atoms with E-state index in [1.54, 1.807) is 0 Å². The van der Waals surface area contributed by atoms with Crippen molar-refractivity contribution in [3.05, 3.63) is 24.0 Å². The third kappa shape index (κ3) is 3.05. The zero-order valence-corrected chi connectivity index (χ0v) is 8.74. The van der Waals surface area contributed by atoms with Crippen LogP contribution in [0.25, 0.3) is 0 Å². The van der Waals surface area contributed by atoms with E-state index >= 15 is 0 Å². The summed E-state index contributed by atoms with van der Waals surface area (Å²) in [6, 6.07) is 0. The van der Waals surface area contributed by atoms with Crippen LogP contribution >= 0.6 is 0 Å². The van der Waals surface area contributed by atoms with Crippen molar-refractivity contribution in [1.29, 1.82) is 0 Å². The van der Waals surface area contributed by atoms with Gasteiger partial charge in [0.15, 0.2) is 5.76 Å². The van der Waals surface area contributed by atoms with Gasteiger partial charge in [-0.15, -0.1) is 0 Å². The van der Waals surface area contributed by atoms with E-state index in [1.807, 2.05) is 0 Å². The Morgan fingerprint density at radius 1 is 1.35 bits per heavy atom. The number of carboxylic acids is 2. The highest BCUT2D eigenvalue weighted by Gasteiger charge is 2.33. The maximum Gasteiger partial charge on any atom is 0.370 e. The van der Waals surface area contributed by atoms with E-state index in [0.717, 1.165) is 6.08 Å². The summed E-state index contributed by atoms with van der Waals surface area (Å²) in [5.74, 6) is -3.36. The van der Waals surface area contributed by atoms with E-state index in [2.05, 4.69) is 6.58 Å². The molecule has 0 aromatic heterocycles. The van der Waals surface area contributed by atoms with Crippen molar-refractivity contribution in [2.75, 3.05) is 0 Å². The Balaban J connectivity index is 2.87. The number of ether oxygens (including phenoxy) is 1. The quantitative estimate of drug-likeness (QED) is 0.373. The van der Waals surface area contributed by atoms with Crippen LogP contribution in [0.1, 0.15) is 6.42 Å². The van der Waals surface area contributed by atoms with Gasteiger partial charge >= 0.3 is 11.9 Å². The molecule has 0 aromatic carbocycles. The molecule has 7 nitrogen and oxygen atoms in total. The minimum atomic E-state index is -1.41. The Kier molecular flexibility index (Phi) is 3.87. The lowest BCUT2D eigenvalue weighted by molar-refractivity contribution is -0.138. The Bertz CT molecular complexity index is 384. The zero-order chi connectivity index (χ0) is 13.2. The molecule has 1 rings (SSSR count). The van der Waals surface area contributed by atoms with E-state index in [1.165, 1.54) is 0 Å². The summed E-state index contributed by atoms with van der Waals surface area (Å²) in [5.41, 5.74) is -0.335. The van der Waals surface area contributed by atoms with Crippen molar-refractivity contribution in [2.24, 2.45) is 0 Å². The average Bonchev–Trinajstić information content (AvgIpc) is 2.21. The van der Waals surface area contributed by atoms with Crippen LogP contribution in [0.5, 0.6) is 0 Å². The SMILES string of the molecule is C=C(O[C@@H]1C=C(C(=O)O)[C@@H](O)C[C@H]1O)C(=O)O. The molecule has 94 valence electrons. The van der Waals surface area contributed by atoms with Gasteiger partial charge in [0.2, 0.25) is 0 Å². The molecule has 0 amide bonds. The van der Waals surface area contributed by atoms with E-state index in [0.29, 0.717) is 0 Å². The number of carboxylic acid groups (broad SMARTS) is 2. The van der Waals surface area contributed by atoms with Crippen molar-refractivity contribution in [3.63, 3.8) is 0 Å². The number of carbonyl (C=O) groups is 2. The van der Waals surface area contributed by atoms with Crippen molar-refractivity contribution in [1.82, 2.24) is 0 Å². The summed E-state index contributed by atoms with van der Waals surface area (Å²) in [7, 11) is 0. The molecular formula is C10H12O7. The molecule has 7 heteroatoms. The van der Waals surface area contributed by atoms with Gasteiger partial charge in [0.1, 0.15) is 6.10 Å². The normalized spacial score (nSPS) is 28.1. The highest BCUT2D eigenvalue weighted by atomic mass is 16.5. The first-order valence-corrected chi connectivity index (χ1v) is 4.73. The molecular weight excluding hydrogens is 232 g/mol. The predicted molar refractivity (Wildman–Crippen MR) is 54.0 cm³/mol. The molecule has 1 aliphatic carbocycles. The fourth-order valence-corrected chi connectivity index (χ4v) is 1.43. The summed E-state index contributed by atoms with van der Waals surface area (Å²) in [5, 5.41) is 36.2. The van der Waals surface area contributed by atoms with Gasteiger partial charge in [-0.05, 0) is 12.7 Å². The first-order valence-electron chi connectivity index (χ1n) is 4.73. The van der Waals surface area contributed by atoms with Crippen LogP contribution in [0.3, 0.4) is 0 Å². The molecule has 0 saturated heterocycles. The van der Waals surface area contributed by atoms with Gasteiger partial charge in [-0.25, -0.2) is 9.59 Å². The lowest BCUT2D eigenvalue weighted by Crippen LogP contribution is -2.38. The second-order valence-electron chi connectivity index (χ2n) is 3.56. The van der Waals surface area contributed by atoms with E-state index in [-0.39, 0.29) is 12.0 Å². The van der Waals surface area contributed by atoms with Gasteiger partial charge in [0.25, 0.3) is 0 Å². The van der Waals surface area contributed by atoms with Crippen LogP contribution < -0.4 is 0 Å². The number of rotatable bonds is 4. The van der Waals surface area contributed by atoms with Gasteiger partial charge in [-0.1, -0.05) is 0 Å². The lowest BCUT2D eigenvalue weighted by Gasteiger charge is -2.28. The molecule has 0 spiro atoms. The average molecular weight is 244 g/mol. The topological polar surface area (TPSA) is 124 Å².